The van der Waals surface area contributed by atoms with Crippen molar-refractivity contribution in [3.05, 3.63) is 70.0 Å². The second kappa shape index (κ2) is 4.88. The second-order valence-electron chi connectivity index (χ2n) is 4.35. The number of rotatable bonds is 2. The van der Waals surface area contributed by atoms with Crippen molar-refractivity contribution in [2.24, 2.45) is 0 Å². The summed E-state index contributed by atoms with van der Waals surface area (Å²) < 4.78 is 40.5. The van der Waals surface area contributed by atoms with Gasteiger partial charge in [-0.3, -0.25) is 4.79 Å². The van der Waals surface area contributed by atoms with Gasteiger partial charge in [-0.15, -0.1) is 0 Å². The predicted molar refractivity (Wildman–Crippen MR) is 65.7 cm³/mol. The Kier molecular flexibility index (Phi) is 3.42. The molecule has 0 spiro atoms. The molecule has 0 aliphatic rings. The molecule has 98 valence electrons. The first-order valence-corrected chi connectivity index (χ1v) is 5.67. The molecule has 19 heavy (non-hydrogen) atoms. The van der Waals surface area contributed by atoms with Gasteiger partial charge in [0.15, 0.2) is 17.4 Å². The topological polar surface area (TPSA) is 17.1 Å². The maximum Gasteiger partial charge on any atom is 0.196 e. The van der Waals surface area contributed by atoms with Crippen molar-refractivity contribution >= 4 is 5.78 Å². The van der Waals surface area contributed by atoms with Gasteiger partial charge < -0.3 is 0 Å². The normalized spacial score (nSPS) is 10.6. The largest absolute Gasteiger partial charge is 0.288 e. The molecule has 0 aliphatic heterocycles. The first-order chi connectivity index (χ1) is 8.91. The van der Waals surface area contributed by atoms with E-state index in [2.05, 4.69) is 0 Å². The van der Waals surface area contributed by atoms with E-state index in [9.17, 15) is 18.0 Å². The van der Waals surface area contributed by atoms with Crippen LogP contribution >= 0.6 is 0 Å². The molecule has 2 aromatic rings. The van der Waals surface area contributed by atoms with Crippen LogP contribution in [0.4, 0.5) is 13.2 Å². The third-order valence-electron chi connectivity index (χ3n) is 2.95. The minimum absolute atomic E-state index is 0.00902. The first kappa shape index (κ1) is 13.3. The number of benzene rings is 2. The highest BCUT2D eigenvalue weighted by Gasteiger charge is 2.19. The number of halogens is 3. The van der Waals surface area contributed by atoms with E-state index < -0.39 is 28.8 Å². The summed E-state index contributed by atoms with van der Waals surface area (Å²) >= 11 is 0. The summed E-state index contributed by atoms with van der Waals surface area (Å²) in [6.07, 6.45) is 0. The van der Waals surface area contributed by atoms with Gasteiger partial charge in [-0.2, -0.15) is 0 Å². The van der Waals surface area contributed by atoms with Crippen LogP contribution in [0.2, 0.25) is 0 Å². The maximum absolute atomic E-state index is 13.7. The summed E-state index contributed by atoms with van der Waals surface area (Å²) in [7, 11) is 0. The number of carbonyl (C=O) groups excluding carboxylic acids is 1. The average molecular weight is 264 g/mol. The molecule has 0 heterocycles. The quantitative estimate of drug-likeness (QED) is 0.750. The van der Waals surface area contributed by atoms with Crippen LogP contribution in [0.25, 0.3) is 0 Å². The number of carbonyl (C=O) groups is 1. The van der Waals surface area contributed by atoms with Crippen LogP contribution in [0, 0.1) is 31.3 Å². The second-order valence-corrected chi connectivity index (χ2v) is 4.35. The zero-order valence-electron chi connectivity index (χ0n) is 10.4. The summed E-state index contributed by atoms with van der Waals surface area (Å²) in [5.74, 6) is -3.56. The van der Waals surface area contributed by atoms with Gasteiger partial charge in [0, 0.05) is 5.56 Å². The molecule has 0 saturated heterocycles. The van der Waals surface area contributed by atoms with Gasteiger partial charge in [-0.25, -0.2) is 13.2 Å². The summed E-state index contributed by atoms with van der Waals surface area (Å²) in [5, 5.41) is 0. The molecule has 2 rings (SSSR count). The lowest BCUT2D eigenvalue weighted by atomic mass is 10.00. The molecule has 0 amide bonds. The Morgan fingerprint density at radius 2 is 1.53 bits per heavy atom. The van der Waals surface area contributed by atoms with Gasteiger partial charge in [-0.05, 0) is 37.1 Å². The minimum atomic E-state index is -1.20. The third kappa shape index (κ3) is 2.38. The van der Waals surface area contributed by atoms with E-state index in [4.69, 9.17) is 0 Å². The van der Waals surface area contributed by atoms with Gasteiger partial charge >= 0.3 is 0 Å². The Labute approximate surface area is 108 Å². The van der Waals surface area contributed by atoms with Crippen LogP contribution < -0.4 is 0 Å². The highest BCUT2D eigenvalue weighted by molar-refractivity contribution is 6.09. The zero-order valence-corrected chi connectivity index (χ0v) is 10.4. The Morgan fingerprint density at radius 3 is 2.16 bits per heavy atom. The van der Waals surface area contributed by atoms with E-state index in [-0.39, 0.29) is 11.1 Å². The number of hydrogen-bond acceptors (Lipinski definition) is 1. The maximum atomic E-state index is 13.7. The van der Waals surface area contributed by atoms with Crippen molar-refractivity contribution in [2.45, 2.75) is 13.8 Å². The number of aryl methyl sites for hydroxylation is 2. The first-order valence-electron chi connectivity index (χ1n) is 5.67. The van der Waals surface area contributed by atoms with Gasteiger partial charge in [0.25, 0.3) is 0 Å². The Bertz CT molecular complexity index is 663. The highest BCUT2D eigenvalue weighted by Crippen LogP contribution is 2.20. The molecular formula is C15H11F3O. The molecule has 0 unspecified atom stereocenters. The summed E-state index contributed by atoms with van der Waals surface area (Å²) in [5.41, 5.74) is 0.0906. The molecular weight excluding hydrogens is 253 g/mol. The van der Waals surface area contributed by atoms with Crippen LogP contribution in [0.1, 0.15) is 27.0 Å². The molecule has 0 fully saturated rings. The highest BCUT2D eigenvalue weighted by atomic mass is 19.2. The monoisotopic (exact) mass is 264 g/mol. The fourth-order valence-corrected chi connectivity index (χ4v) is 1.71. The SMILES string of the molecule is Cc1ccc(C(=O)c2ccc(C)c(F)c2F)cc1F. The third-order valence-corrected chi connectivity index (χ3v) is 2.95. The van der Waals surface area contributed by atoms with Crippen molar-refractivity contribution < 1.29 is 18.0 Å². The van der Waals surface area contributed by atoms with Crippen molar-refractivity contribution in [2.75, 3.05) is 0 Å². The Balaban J connectivity index is 2.50. The molecule has 0 aromatic heterocycles. The van der Waals surface area contributed by atoms with E-state index in [1.807, 2.05) is 0 Å². The minimum Gasteiger partial charge on any atom is -0.288 e. The van der Waals surface area contributed by atoms with E-state index in [0.717, 1.165) is 6.07 Å². The van der Waals surface area contributed by atoms with Crippen molar-refractivity contribution in [1.29, 1.82) is 0 Å². The molecule has 0 atom stereocenters. The standard InChI is InChI=1S/C15H11F3O/c1-8-3-5-10(7-12(8)16)15(19)11-6-4-9(2)13(17)14(11)18/h3-7H,1-2H3. The molecule has 0 radical (unpaired) electrons. The molecule has 2 aromatic carbocycles. The van der Waals surface area contributed by atoms with Gasteiger partial charge in [0.05, 0.1) is 5.56 Å². The summed E-state index contributed by atoms with van der Waals surface area (Å²) in [6.45, 7) is 2.95. The summed E-state index contributed by atoms with van der Waals surface area (Å²) in [4.78, 5) is 12.0. The lowest BCUT2D eigenvalue weighted by Gasteiger charge is -2.06. The smallest absolute Gasteiger partial charge is 0.196 e. The van der Waals surface area contributed by atoms with Crippen molar-refractivity contribution in [1.82, 2.24) is 0 Å². The molecule has 4 heteroatoms. The lowest BCUT2D eigenvalue weighted by molar-refractivity contribution is 0.103. The van der Waals surface area contributed by atoms with Crippen LogP contribution in [0.5, 0.6) is 0 Å². The van der Waals surface area contributed by atoms with Crippen LogP contribution in [-0.2, 0) is 0 Å². The number of hydrogen-bond donors (Lipinski definition) is 0. The molecule has 0 aliphatic carbocycles. The van der Waals surface area contributed by atoms with Crippen molar-refractivity contribution in [3.63, 3.8) is 0 Å². The summed E-state index contributed by atoms with van der Waals surface area (Å²) in [6, 6.07) is 6.35. The number of ketones is 1. The lowest BCUT2D eigenvalue weighted by Crippen LogP contribution is -2.07. The van der Waals surface area contributed by atoms with Crippen LogP contribution in [0.3, 0.4) is 0 Å². The zero-order chi connectivity index (χ0) is 14.2. The van der Waals surface area contributed by atoms with E-state index in [1.54, 1.807) is 6.92 Å². The van der Waals surface area contributed by atoms with E-state index >= 15 is 0 Å². The van der Waals surface area contributed by atoms with Gasteiger partial charge in [0.2, 0.25) is 0 Å². The van der Waals surface area contributed by atoms with Gasteiger partial charge in [-0.1, -0.05) is 18.2 Å². The van der Waals surface area contributed by atoms with E-state index in [1.165, 1.54) is 31.2 Å². The molecule has 1 nitrogen and oxygen atoms in total. The Morgan fingerprint density at radius 1 is 0.895 bits per heavy atom. The molecule has 0 saturated carbocycles. The molecule has 0 bridgehead atoms. The fourth-order valence-electron chi connectivity index (χ4n) is 1.71. The van der Waals surface area contributed by atoms with Crippen LogP contribution in [0.15, 0.2) is 30.3 Å². The molecule has 0 N–H and O–H groups in total. The Hall–Kier alpha value is -2.10. The van der Waals surface area contributed by atoms with Crippen molar-refractivity contribution in [3.8, 4) is 0 Å². The van der Waals surface area contributed by atoms with Gasteiger partial charge in [0.1, 0.15) is 5.82 Å². The average Bonchev–Trinajstić information content (AvgIpc) is 2.39. The van der Waals surface area contributed by atoms with Crippen LogP contribution in [-0.4, -0.2) is 5.78 Å². The fraction of sp³-hybridized carbons (Fsp3) is 0.133. The van der Waals surface area contributed by atoms with E-state index in [0.29, 0.717) is 5.56 Å². The predicted octanol–water partition coefficient (Wildman–Crippen LogP) is 3.95.